The third-order valence-electron chi connectivity index (χ3n) is 4.51. The van der Waals surface area contributed by atoms with Crippen LogP contribution in [-0.2, 0) is 11.2 Å². The van der Waals surface area contributed by atoms with Crippen molar-refractivity contribution in [2.75, 3.05) is 19.8 Å². The molecule has 1 amide bonds. The molecule has 0 saturated heterocycles. The number of ether oxygens (including phenoxy) is 2. The summed E-state index contributed by atoms with van der Waals surface area (Å²) in [6, 6.07) is 3.90. The normalized spacial score (nSPS) is 16.7. The highest BCUT2D eigenvalue weighted by molar-refractivity contribution is 5.79. The van der Waals surface area contributed by atoms with Crippen molar-refractivity contribution < 1.29 is 14.3 Å². The highest BCUT2D eigenvalue weighted by Crippen LogP contribution is 2.33. The fraction of sp³-hybridized carbons (Fsp3) is 0.526. The Morgan fingerprint density at radius 1 is 1.17 bits per heavy atom. The van der Waals surface area contributed by atoms with Gasteiger partial charge in [-0.15, -0.1) is 0 Å². The molecule has 2 aliphatic rings. The van der Waals surface area contributed by atoms with E-state index in [1.807, 2.05) is 19.1 Å². The molecule has 4 heteroatoms. The maximum Gasteiger partial charge on any atom is 0.224 e. The molecule has 0 fully saturated rings. The third kappa shape index (κ3) is 4.27. The van der Waals surface area contributed by atoms with Crippen LogP contribution < -0.4 is 14.8 Å². The molecule has 1 aliphatic heterocycles. The number of fused-ring (bicyclic) bond motifs is 1. The molecule has 23 heavy (non-hydrogen) atoms. The molecular weight excluding hydrogens is 290 g/mol. The minimum Gasteiger partial charge on any atom is -0.486 e. The molecule has 0 atom stereocenters. The van der Waals surface area contributed by atoms with Crippen molar-refractivity contribution in [1.29, 1.82) is 0 Å². The van der Waals surface area contributed by atoms with E-state index in [0.29, 0.717) is 19.6 Å². The van der Waals surface area contributed by atoms with Crippen LogP contribution >= 0.6 is 0 Å². The van der Waals surface area contributed by atoms with Crippen LogP contribution in [0.15, 0.2) is 23.8 Å². The van der Waals surface area contributed by atoms with Crippen LogP contribution in [0, 0.1) is 6.92 Å². The molecule has 4 nitrogen and oxygen atoms in total. The Morgan fingerprint density at radius 2 is 1.96 bits per heavy atom. The lowest BCUT2D eigenvalue weighted by atomic mass is 9.97. The van der Waals surface area contributed by atoms with Crippen molar-refractivity contribution >= 4 is 5.91 Å². The van der Waals surface area contributed by atoms with E-state index < -0.39 is 0 Å². The molecule has 3 rings (SSSR count). The number of rotatable bonds is 5. The number of aryl methyl sites for hydroxylation is 1. The quantitative estimate of drug-likeness (QED) is 0.848. The van der Waals surface area contributed by atoms with Gasteiger partial charge in [-0.2, -0.15) is 0 Å². The van der Waals surface area contributed by atoms with Crippen LogP contribution in [-0.4, -0.2) is 25.7 Å². The minimum atomic E-state index is 0.0705. The molecule has 0 saturated carbocycles. The molecule has 1 aromatic carbocycles. The van der Waals surface area contributed by atoms with Gasteiger partial charge in [-0.25, -0.2) is 0 Å². The topological polar surface area (TPSA) is 47.6 Å². The summed E-state index contributed by atoms with van der Waals surface area (Å²) in [5.74, 6) is 1.60. The summed E-state index contributed by atoms with van der Waals surface area (Å²) in [6.07, 6.45) is 8.68. The average molecular weight is 315 g/mol. The van der Waals surface area contributed by atoms with Crippen LogP contribution in [0.1, 0.15) is 43.2 Å². The zero-order valence-corrected chi connectivity index (χ0v) is 13.8. The highest BCUT2D eigenvalue weighted by Gasteiger charge is 2.15. The monoisotopic (exact) mass is 315 g/mol. The van der Waals surface area contributed by atoms with E-state index in [4.69, 9.17) is 9.47 Å². The lowest BCUT2D eigenvalue weighted by molar-refractivity contribution is -0.120. The van der Waals surface area contributed by atoms with E-state index in [9.17, 15) is 4.79 Å². The van der Waals surface area contributed by atoms with Crippen molar-refractivity contribution in [2.45, 2.75) is 45.4 Å². The predicted octanol–water partition coefficient (Wildman–Crippen LogP) is 3.32. The zero-order chi connectivity index (χ0) is 16.1. The summed E-state index contributed by atoms with van der Waals surface area (Å²) >= 11 is 0. The van der Waals surface area contributed by atoms with Gasteiger partial charge in [0.25, 0.3) is 0 Å². The highest BCUT2D eigenvalue weighted by atomic mass is 16.6. The van der Waals surface area contributed by atoms with E-state index in [2.05, 4.69) is 11.4 Å². The number of carbonyl (C=O) groups is 1. The Bertz CT molecular complexity index is 607. The average Bonchev–Trinajstić information content (AvgIpc) is 2.56. The molecule has 1 heterocycles. The molecule has 0 unspecified atom stereocenters. The third-order valence-corrected chi connectivity index (χ3v) is 4.51. The second-order valence-corrected chi connectivity index (χ2v) is 6.31. The van der Waals surface area contributed by atoms with Gasteiger partial charge < -0.3 is 14.8 Å². The molecular formula is C19H25NO3. The second kappa shape index (κ2) is 7.53. The molecule has 0 aromatic heterocycles. The first-order valence-electron chi connectivity index (χ1n) is 8.56. The first-order chi connectivity index (χ1) is 11.2. The van der Waals surface area contributed by atoms with Crippen molar-refractivity contribution in [3.8, 4) is 11.5 Å². The van der Waals surface area contributed by atoms with Gasteiger partial charge >= 0.3 is 0 Å². The number of amides is 1. The maximum atomic E-state index is 12.2. The molecule has 1 aromatic rings. The Kier molecular flexibility index (Phi) is 5.21. The first-order valence-corrected chi connectivity index (χ1v) is 8.56. The van der Waals surface area contributed by atoms with Gasteiger partial charge in [0, 0.05) is 6.54 Å². The summed E-state index contributed by atoms with van der Waals surface area (Å²) in [6.45, 7) is 3.89. The lowest BCUT2D eigenvalue weighted by Crippen LogP contribution is -2.27. The Balaban J connectivity index is 1.52. The Labute approximate surface area is 137 Å². The summed E-state index contributed by atoms with van der Waals surface area (Å²) in [5, 5.41) is 3.03. The minimum absolute atomic E-state index is 0.0705. The molecule has 1 aliphatic carbocycles. The van der Waals surface area contributed by atoms with Gasteiger partial charge in [-0.05, 0) is 62.3 Å². The predicted molar refractivity (Wildman–Crippen MR) is 90.1 cm³/mol. The van der Waals surface area contributed by atoms with Crippen LogP contribution in [0.4, 0.5) is 0 Å². The summed E-state index contributed by atoms with van der Waals surface area (Å²) in [7, 11) is 0. The summed E-state index contributed by atoms with van der Waals surface area (Å²) in [4.78, 5) is 12.2. The summed E-state index contributed by atoms with van der Waals surface area (Å²) < 4.78 is 11.2. The molecule has 0 spiro atoms. The van der Waals surface area contributed by atoms with Crippen molar-refractivity contribution in [3.63, 3.8) is 0 Å². The van der Waals surface area contributed by atoms with Crippen LogP contribution in [0.5, 0.6) is 11.5 Å². The lowest BCUT2D eigenvalue weighted by Gasteiger charge is -2.20. The van der Waals surface area contributed by atoms with E-state index in [-0.39, 0.29) is 5.91 Å². The maximum absolute atomic E-state index is 12.2. The van der Waals surface area contributed by atoms with Gasteiger partial charge in [0.1, 0.15) is 13.2 Å². The van der Waals surface area contributed by atoms with Gasteiger partial charge in [-0.3, -0.25) is 4.79 Å². The number of hydrogen-bond acceptors (Lipinski definition) is 3. The SMILES string of the molecule is Cc1cc2c(cc1CC(=O)NCCC1=CCCCC1)OCCO2. The van der Waals surface area contributed by atoms with Crippen LogP contribution in [0.25, 0.3) is 0 Å². The number of allylic oxidation sites excluding steroid dienone is 1. The fourth-order valence-electron chi connectivity index (χ4n) is 3.15. The molecule has 1 N–H and O–H groups in total. The van der Waals surface area contributed by atoms with E-state index >= 15 is 0 Å². The molecule has 124 valence electrons. The fourth-order valence-corrected chi connectivity index (χ4v) is 3.15. The number of hydrogen-bond donors (Lipinski definition) is 1. The standard InChI is InChI=1S/C19H25NO3/c1-14-11-17-18(23-10-9-22-17)12-16(14)13-19(21)20-8-7-15-5-3-2-4-6-15/h5,11-12H,2-4,6-10,13H2,1H3,(H,20,21). The Morgan fingerprint density at radius 3 is 2.70 bits per heavy atom. The number of nitrogens with one attached hydrogen (secondary N) is 1. The van der Waals surface area contributed by atoms with E-state index in [1.165, 1.54) is 31.3 Å². The van der Waals surface area contributed by atoms with Gasteiger partial charge in [-0.1, -0.05) is 11.6 Å². The van der Waals surface area contributed by atoms with Gasteiger partial charge in [0.15, 0.2) is 11.5 Å². The van der Waals surface area contributed by atoms with Crippen LogP contribution in [0.2, 0.25) is 0 Å². The van der Waals surface area contributed by atoms with Gasteiger partial charge in [0.2, 0.25) is 5.91 Å². The largest absolute Gasteiger partial charge is 0.486 e. The van der Waals surface area contributed by atoms with E-state index in [1.54, 1.807) is 0 Å². The zero-order valence-electron chi connectivity index (χ0n) is 13.8. The number of benzene rings is 1. The molecule has 0 bridgehead atoms. The van der Waals surface area contributed by atoms with Crippen molar-refractivity contribution in [1.82, 2.24) is 5.32 Å². The van der Waals surface area contributed by atoms with Crippen molar-refractivity contribution in [3.05, 3.63) is 34.9 Å². The Hall–Kier alpha value is -1.97. The van der Waals surface area contributed by atoms with Gasteiger partial charge in [0.05, 0.1) is 6.42 Å². The number of carbonyl (C=O) groups excluding carboxylic acids is 1. The summed E-state index contributed by atoms with van der Waals surface area (Å²) in [5.41, 5.74) is 3.56. The smallest absolute Gasteiger partial charge is 0.224 e. The van der Waals surface area contributed by atoms with Crippen molar-refractivity contribution in [2.24, 2.45) is 0 Å². The molecule has 0 radical (unpaired) electrons. The van der Waals surface area contributed by atoms with E-state index in [0.717, 1.165) is 35.6 Å². The van der Waals surface area contributed by atoms with Crippen LogP contribution in [0.3, 0.4) is 0 Å². The first kappa shape index (κ1) is 15.9. The second-order valence-electron chi connectivity index (χ2n) is 6.31.